The molecule has 0 aromatic heterocycles. The first-order chi connectivity index (χ1) is 15.5. The number of nitrogens with one attached hydrogen (secondary N) is 1. The highest BCUT2D eigenvalue weighted by molar-refractivity contribution is 14.1. The zero-order valence-electron chi connectivity index (χ0n) is 16.5. The van der Waals surface area contributed by atoms with Gasteiger partial charge in [0.1, 0.15) is 21.4 Å². The predicted octanol–water partition coefficient (Wildman–Crippen LogP) is 6.17. The number of amides is 2. The van der Waals surface area contributed by atoms with Crippen molar-refractivity contribution < 1.29 is 18.4 Å². The fraction of sp³-hybridized carbons (Fsp3) is 0.130. The van der Waals surface area contributed by atoms with E-state index >= 15 is 0 Å². The van der Waals surface area contributed by atoms with Crippen LogP contribution in [0.1, 0.15) is 27.4 Å². The first-order valence-electron chi connectivity index (χ1n) is 9.49. The van der Waals surface area contributed by atoms with Crippen molar-refractivity contribution in [2.24, 2.45) is 5.73 Å². The lowest BCUT2D eigenvalue weighted by Crippen LogP contribution is -2.34. The fourth-order valence-corrected chi connectivity index (χ4v) is 5.95. The summed E-state index contributed by atoms with van der Waals surface area (Å²) in [6, 6.07) is 14.3. The molecule has 0 bridgehead atoms. The van der Waals surface area contributed by atoms with E-state index in [-0.39, 0.29) is 21.8 Å². The van der Waals surface area contributed by atoms with Crippen LogP contribution in [0.5, 0.6) is 0 Å². The molecule has 3 aromatic carbocycles. The van der Waals surface area contributed by atoms with Gasteiger partial charge in [0.15, 0.2) is 0 Å². The van der Waals surface area contributed by atoms with E-state index in [9.17, 15) is 18.4 Å². The van der Waals surface area contributed by atoms with Crippen molar-refractivity contribution in [1.82, 2.24) is 0 Å². The van der Waals surface area contributed by atoms with Gasteiger partial charge in [-0.15, -0.1) is 0 Å². The normalized spacial score (nSPS) is 20.8. The third kappa shape index (κ3) is 3.99. The molecule has 2 atom stereocenters. The van der Waals surface area contributed by atoms with Gasteiger partial charge in [0, 0.05) is 15.6 Å². The number of primary amides is 1. The molecule has 0 aliphatic heterocycles. The largest absolute Gasteiger partial charge is 0.369 e. The molecule has 3 N–H and O–H groups in total. The Bertz CT molecular complexity index is 1300. The van der Waals surface area contributed by atoms with Crippen LogP contribution < -0.4 is 11.1 Å². The topological polar surface area (TPSA) is 72.2 Å². The first kappa shape index (κ1) is 24.2. The summed E-state index contributed by atoms with van der Waals surface area (Å²) in [4.78, 5) is 25.6. The molecule has 170 valence electrons. The second-order valence-corrected chi connectivity index (χ2v) is 10.6. The number of halogens is 6. The van der Waals surface area contributed by atoms with Crippen LogP contribution in [0.4, 0.5) is 14.5 Å². The maximum atomic E-state index is 14.0. The molecule has 0 radical (unpaired) electrons. The van der Waals surface area contributed by atoms with Gasteiger partial charge in [-0.2, -0.15) is 0 Å². The summed E-state index contributed by atoms with van der Waals surface area (Å²) >= 11 is 21.6. The zero-order valence-corrected chi connectivity index (χ0v) is 20.9. The Kier molecular flexibility index (Phi) is 6.37. The highest BCUT2D eigenvalue weighted by Crippen LogP contribution is 2.74. The molecule has 1 saturated carbocycles. The van der Waals surface area contributed by atoms with E-state index in [2.05, 4.69) is 27.9 Å². The highest BCUT2D eigenvalue weighted by atomic mass is 127. The van der Waals surface area contributed by atoms with Gasteiger partial charge >= 0.3 is 0 Å². The van der Waals surface area contributed by atoms with Crippen LogP contribution in [-0.2, 0) is 10.2 Å². The Morgan fingerprint density at radius 3 is 2.39 bits per heavy atom. The Morgan fingerprint density at radius 2 is 1.76 bits per heavy atom. The number of anilines is 1. The first-order valence-corrected chi connectivity index (χ1v) is 11.7. The summed E-state index contributed by atoms with van der Waals surface area (Å²) in [5.74, 6) is -3.95. The number of rotatable bonds is 5. The lowest BCUT2D eigenvalue weighted by atomic mass is 9.88. The van der Waals surface area contributed by atoms with Crippen molar-refractivity contribution in [3.05, 3.63) is 97.6 Å². The molecule has 0 heterocycles. The standard InChI is InChI=1S/C23H14Cl3F2IN2O2/c24-16-6-4-12(9-15(16)20(32)31-18-7-5-13(27)10-17(18)28)22(21(30)33)19(23(22,25)26)11-2-1-3-14(29)8-11/h1-10,19H,(H2,30,33)(H,31,32). The van der Waals surface area contributed by atoms with Crippen LogP contribution in [-0.4, -0.2) is 16.1 Å². The summed E-state index contributed by atoms with van der Waals surface area (Å²) in [7, 11) is 0. The van der Waals surface area contributed by atoms with Gasteiger partial charge in [-0.25, -0.2) is 8.78 Å². The van der Waals surface area contributed by atoms with E-state index in [1.807, 2.05) is 18.2 Å². The fourth-order valence-electron chi connectivity index (χ4n) is 4.08. The van der Waals surface area contributed by atoms with Crippen molar-refractivity contribution >= 4 is 74.9 Å². The van der Waals surface area contributed by atoms with Gasteiger partial charge in [0.05, 0.1) is 16.3 Å². The number of carbonyl (C=O) groups excluding carboxylic acids is 2. The number of benzene rings is 3. The van der Waals surface area contributed by atoms with E-state index in [1.165, 1.54) is 18.2 Å². The minimum atomic E-state index is -1.58. The number of hydrogen-bond acceptors (Lipinski definition) is 2. The summed E-state index contributed by atoms with van der Waals surface area (Å²) in [6.07, 6.45) is 0. The quantitative estimate of drug-likeness (QED) is 0.264. The molecule has 3 aromatic rings. The minimum Gasteiger partial charge on any atom is -0.369 e. The summed E-state index contributed by atoms with van der Waals surface area (Å²) in [5, 5.41) is 2.39. The molecule has 0 saturated heterocycles. The summed E-state index contributed by atoms with van der Waals surface area (Å²) in [6.45, 7) is 0. The average molecular weight is 622 g/mol. The van der Waals surface area contributed by atoms with Gasteiger partial charge < -0.3 is 11.1 Å². The third-order valence-electron chi connectivity index (χ3n) is 5.65. The maximum Gasteiger partial charge on any atom is 0.257 e. The van der Waals surface area contributed by atoms with Crippen LogP contribution in [0.3, 0.4) is 0 Å². The van der Waals surface area contributed by atoms with Crippen LogP contribution in [0.25, 0.3) is 0 Å². The second-order valence-electron chi connectivity index (χ2n) is 7.56. The molecule has 1 aliphatic carbocycles. The lowest BCUT2D eigenvalue weighted by molar-refractivity contribution is -0.120. The molecule has 4 rings (SSSR count). The molecule has 4 nitrogen and oxygen atoms in total. The molecular weight excluding hydrogens is 608 g/mol. The number of carbonyl (C=O) groups is 2. The molecule has 2 amide bonds. The minimum absolute atomic E-state index is 0.0413. The monoisotopic (exact) mass is 620 g/mol. The Hall–Kier alpha value is -1.94. The Balaban J connectivity index is 1.76. The lowest BCUT2D eigenvalue weighted by Gasteiger charge is -2.17. The molecule has 10 heteroatoms. The molecule has 2 unspecified atom stereocenters. The molecular formula is C23H14Cl3F2IN2O2. The number of hydrogen-bond donors (Lipinski definition) is 2. The zero-order chi connectivity index (χ0) is 24.1. The predicted molar refractivity (Wildman–Crippen MR) is 133 cm³/mol. The van der Waals surface area contributed by atoms with Crippen LogP contribution in [0, 0.1) is 15.2 Å². The summed E-state index contributed by atoms with van der Waals surface area (Å²) < 4.78 is 26.5. The highest BCUT2D eigenvalue weighted by Gasteiger charge is 2.80. The van der Waals surface area contributed by atoms with Crippen LogP contribution in [0.2, 0.25) is 5.02 Å². The second kappa shape index (κ2) is 8.69. The van der Waals surface area contributed by atoms with Crippen molar-refractivity contribution in [1.29, 1.82) is 0 Å². The van der Waals surface area contributed by atoms with Crippen molar-refractivity contribution in [3.63, 3.8) is 0 Å². The van der Waals surface area contributed by atoms with Gasteiger partial charge in [-0.05, 0) is 70.1 Å². The van der Waals surface area contributed by atoms with Crippen molar-refractivity contribution in [3.8, 4) is 0 Å². The van der Waals surface area contributed by atoms with E-state index in [4.69, 9.17) is 40.5 Å². The van der Waals surface area contributed by atoms with E-state index in [1.54, 1.807) is 6.07 Å². The molecule has 1 aliphatic rings. The van der Waals surface area contributed by atoms with Crippen LogP contribution >= 0.6 is 57.4 Å². The third-order valence-corrected chi connectivity index (χ3v) is 7.69. The Morgan fingerprint density at radius 1 is 1.03 bits per heavy atom. The van der Waals surface area contributed by atoms with Crippen LogP contribution in [0.15, 0.2) is 60.7 Å². The van der Waals surface area contributed by atoms with Gasteiger partial charge in [-0.1, -0.05) is 53.0 Å². The smallest absolute Gasteiger partial charge is 0.257 e. The van der Waals surface area contributed by atoms with Crippen molar-refractivity contribution in [2.45, 2.75) is 15.7 Å². The average Bonchev–Trinajstić information content (AvgIpc) is 3.27. The Labute approximate surface area is 216 Å². The van der Waals surface area contributed by atoms with E-state index < -0.39 is 39.1 Å². The molecule has 1 fully saturated rings. The van der Waals surface area contributed by atoms with Crippen molar-refractivity contribution in [2.75, 3.05) is 5.32 Å². The van der Waals surface area contributed by atoms with Gasteiger partial charge in [-0.3, -0.25) is 9.59 Å². The summed E-state index contributed by atoms with van der Waals surface area (Å²) in [5.41, 5.74) is 4.98. The number of alkyl halides is 2. The SMILES string of the molecule is NC(=O)C1(c2ccc(Cl)c(C(=O)Nc3ccc(F)cc3F)c2)C(c2cccc(I)c2)C1(Cl)Cl. The number of nitrogens with two attached hydrogens (primary N) is 1. The van der Waals surface area contributed by atoms with E-state index in [0.717, 1.165) is 15.7 Å². The van der Waals surface area contributed by atoms with Gasteiger partial charge in [0.25, 0.3) is 5.91 Å². The van der Waals surface area contributed by atoms with E-state index in [0.29, 0.717) is 11.6 Å². The molecule has 33 heavy (non-hydrogen) atoms. The molecule has 0 spiro atoms. The van der Waals surface area contributed by atoms with Gasteiger partial charge in [0.2, 0.25) is 5.91 Å². The maximum absolute atomic E-state index is 14.0.